The maximum Gasteiger partial charge on any atom is -0.00238 e. The van der Waals surface area contributed by atoms with Crippen molar-refractivity contribution in [2.24, 2.45) is 0 Å². The zero-order valence-electron chi connectivity index (χ0n) is 10.7. The average Bonchev–Trinajstić information content (AvgIpc) is 2.95. The second kappa shape index (κ2) is 3.27. The van der Waals surface area contributed by atoms with E-state index in [2.05, 4.69) is 48.5 Å². The van der Waals surface area contributed by atoms with Crippen LogP contribution in [-0.4, -0.2) is 0 Å². The van der Waals surface area contributed by atoms with Crippen LogP contribution in [0.3, 0.4) is 0 Å². The molecule has 0 nitrogen and oxygen atoms in total. The zero-order chi connectivity index (χ0) is 12.4. The monoisotopic (exact) mass is 242 g/mol. The molecule has 0 unspecified atom stereocenters. The van der Waals surface area contributed by atoms with E-state index in [-0.39, 0.29) is 0 Å². The normalized spacial score (nSPS) is 14.7. The molecule has 19 heavy (non-hydrogen) atoms. The molecular formula is C19H14. The molecule has 5 rings (SSSR count). The Labute approximate surface area is 112 Å². The van der Waals surface area contributed by atoms with Gasteiger partial charge in [0.05, 0.1) is 0 Å². The van der Waals surface area contributed by atoms with Crippen LogP contribution in [0.1, 0.15) is 17.5 Å². The summed E-state index contributed by atoms with van der Waals surface area (Å²) in [5.41, 5.74) is 3.22. The van der Waals surface area contributed by atoms with Crippen LogP contribution >= 0.6 is 0 Å². The van der Waals surface area contributed by atoms with Crippen molar-refractivity contribution in [2.45, 2.75) is 19.3 Å². The molecule has 0 heterocycles. The van der Waals surface area contributed by atoms with Gasteiger partial charge in [0, 0.05) is 0 Å². The van der Waals surface area contributed by atoms with E-state index in [1.165, 1.54) is 51.6 Å². The van der Waals surface area contributed by atoms with Crippen molar-refractivity contribution >= 4 is 32.3 Å². The van der Waals surface area contributed by atoms with E-state index >= 15 is 0 Å². The first kappa shape index (κ1) is 9.80. The van der Waals surface area contributed by atoms with E-state index in [0.717, 1.165) is 0 Å². The van der Waals surface area contributed by atoms with Crippen LogP contribution in [0.5, 0.6) is 0 Å². The second-order valence-electron chi connectivity index (χ2n) is 5.68. The van der Waals surface area contributed by atoms with Crippen LogP contribution < -0.4 is 0 Å². The van der Waals surface area contributed by atoms with E-state index in [1.807, 2.05) is 0 Å². The van der Waals surface area contributed by atoms with E-state index in [0.29, 0.717) is 0 Å². The predicted molar refractivity (Wildman–Crippen MR) is 82.2 cm³/mol. The third kappa shape index (κ3) is 1.10. The third-order valence-electron chi connectivity index (χ3n) is 4.75. The van der Waals surface area contributed by atoms with E-state index in [4.69, 9.17) is 0 Å². The van der Waals surface area contributed by atoms with Gasteiger partial charge in [0.1, 0.15) is 0 Å². The fourth-order valence-electron chi connectivity index (χ4n) is 4.00. The second-order valence-corrected chi connectivity index (χ2v) is 5.68. The molecule has 0 spiro atoms. The minimum absolute atomic E-state index is 1.25. The maximum absolute atomic E-state index is 2.32. The lowest BCUT2D eigenvalue weighted by Crippen LogP contribution is -1.91. The Morgan fingerprint density at radius 1 is 0.579 bits per heavy atom. The molecule has 0 saturated carbocycles. The molecule has 0 saturated heterocycles. The lowest BCUT2D eigenvalue weighted by molar-refractivity contribution is 0.915. The van der Waals surface area contributed by atoms with Crippen LogP contribution in [0.2, 0.25) is 0 Å². The molecule has 0 fully saturated rings. The van der Waals surface area contributed by atoms with Gasteiger partial charge < -0.3 is 0 Å². The number of hydrogen-bond acceptors (Lipinski definition) is 0. The third-order valence-corrected chi connectivity index (χ3v) is 4.75. The Morgan fingerprint density at radius 3 is 1.63 bits per heavy atom. The molecule has 0 atom stereocenters. The van der Waals surface area contributed by atoms with Crippen LogP contribution in [0, 0.1) is 0 Å². The fourth-order valence-corrected chi connectivity index (χ4v) is 4.00. The lowest BCUT2D eigenvalue weighted by Gasteiger charge is -2.15. The van der Waals surface area contributed by atoms with E-state index < -0.39 is 0 Å². The molecule has 0 radical (unpaired) electrons. The molecule has 4 aromatic carbocycles. The van der Waals surface area contributed by atoms with Gasteiger partial charge in [0.25, 0.3) is 0 Å². The van der Waals surface area contributed by atoms with Crippen molar-refractivity contribution in [2.75, 3.05) is 0 Å². The summed E-state index contributed by atoms with van der Waals surface area (Å²) in [5.74, 6) is 0. The smallest absolute Gasteiger partial charge is 0.00238 e. The molecule has 0 aromatic heterocycles. The van der Waals surface area contributed by atoms with Gasteiger partial charge in [-0.15, -0.1) is 0 Å². The van der Waals surface area contributed by atoms with Crippen LogP contribution in [0.15, 0.2) is 48.5 Å². The SMILES string of the molecule is c1cc2ccc3cccc4c5c(c(c1)c2c34)CCC5. The largest absolute Gasteiger partial charge is 0.0610 e. The molecular weight excluding hydrogens is 228 g/mol. The molecule has 0 aliphatic heterocycles. The number of aryl methyl sites for hydroxylation is 2. The topological polar surface area (TPSA) is 0 Å². The Hall–Kier alpha value is -2.08. The number of rotatable bonds is 0. The molecule has 1 aliphatic carbocycles. The highest BCUT2D eigenvalue weighted by atomic mass is 14.2. The molecule has 4 aromatic rings. The summed E-state index contributed by atoms with van der Waals surface area (Å²) < 4.78 is 0. The minimum atomic E-state index is 1.25. The van der Waals surface area contributed by atoms with E-state index in [9.17, 15) is 0 Å². The first-order chi connectivity index (χ1) is 9.43. The summed E-state index contributed by atoms with van der Waals surface area (Å²) in [5, 5.41) is 8.72. The lowest BCUT2D eigenvalue weighted by atomic mass is 9.88. The summed E-state index contributed by atoms with van der Waals surface area (Å²) in [4.78, 5) is 0. The Kier molecular flexibility index (Phi) is 1.69. The molecule has 0 amide bonds. The highest BCUT2D eigenvalue weighted by Gasteiger charge is 2.20. The van der Waals surface area contributed by atoms with Gasteiger partial charge in [-0.05, 0) is 62.7 Å². The average molecular weight is 242 g/mol. The number of hydrogen-bond donors (Lipinski definition) is 0. The van der Waals surface area contributed by atoms with Gasteiger partial charge in [-0.2, -0.15) is 0 Å². The van der Waals surface area contributed by atoms with Crippen molar-refractivity contribution in [3.8, 4) is 0 Å². The number of benzene rings is 4. The fraction of sp³-hybridized carbons (Fsp3) is 0.158. The summed E-state index contributed by atoms with van der Waals surface area (Å²) in [6.07, 6.45) is 3.81. The summed E-state index contributed by atoms with van der Waals surface area (Å²) in [7, 11) is 0. The molecule has 90 valence electrons. The summed E-state index contributed by atoms with van der Waals surface area (Å²) >= 11 is 0. The van der Waals surface area contributed by atoms with Crippen LogP contribution in [0.25, 0.3) is 32.3 Å². The highest BCUT2D eigenvalue weighted by Crippen LogP contribution is 2.42. The van der Waals surface area contributed by atoms with Crippen LogP contribution in [0.4, 0.5) is 0 Å². The van der Waals surface area contributed by atoms with Gasteiger partial charge in [0.15, 0.2) is 0 Å². The molecule has 1 aliphatic rings. The summed E-state index contributed by atoms with van der Waals surface area (Å²) in [6.45, 7) is 0. The first-order valence-electron chi connectivity index (χ1n) is 7.11. The van der Waals surface area contributed by atoms with Crippen molar-refractivity contribution in [1.82, 2.24) is 0 Å². The number of fused-ring (bicyclic) bond motifs is 3. The summed E-state index contributed by atoms with van der Waals surface area (Å²) in [6, 6.07) is 18.1. The van der Waals surface area contributed by atoms with Crippen molar-refractivity contribution in [3.05, 3.63) is 59.7 Å². The maximum atomic E-state index is 2.32. The van der Waals surface area contributed by atoms with Gasteiger partial charge in [-0.1, -0.05) is 48.5 Å². The van der Waals surface area contributed by atoms with Crippen molar-refractivity contribution < 1.29 is 0 Å². The molecule has 0 N–H and O–H groups in total. The van der Waals surface area contributed by atoms with Gasteiger partial charge >= 0.3 is 0 Å². The molecule has 0 bridgehead atoms. The van der Waals surface area contributed by atoms with Gasteiger partial charge in [-0.25, -0.2) is 0 Å². The predicted octanol–water partition coefficient (Wildman–Crippen LogP) is 5.07. The van der Waals surface area contributed by atoms with Crippen molar-refractivity contribution in [3.63, 3.8) is 0 Å². The first-order valence-corrected chi connectivity index (χ1v) is 7.11. The van der Waals surface area contributed by atoms with Gasteiger partial charge in [0.2, 0.25) is 0 Å². The standard InChI is InChI=1S/C19H14/c1-4-12-10-11-13-5-2-9-17-15-7-3-6-14(15)16(8-1)18(12)19(13)17/h1-2,4-5,8-11H,3,6-7H2. The Bertz CT molecular complexity index is 854. The zero-order valence-corrected chi connectivity index (χ0v) is 10.7. The Balaban J connectivity index is 2.24. The van der Waals surface area contributed by atoms with Crippen LogP contribution in [-0.2, 0) is 12.8 Å². The van der Waals surface area contributed by atoms with Gasteiger partial charge in [-0.3, -0.25) is 0 Å². The van der Waals surface area contributed by atoms with E-state index in [1.54, 1.807) is 11.1 Å². The Morgan fingerprint density at radius 2 is 1.11 bits per heavy atom. The molecule has 0 heteroatoms. The van der Waals surface area contributed by atoms with Crippen molar-refractivity contribution in [1.29, 1.82) is 0 Å². The minimum Gasteiger partial charge on any atom is -0.0610 e. The quantitative estimate of drug-likeness (QED) is 0.377. The highest BCUT2D eigenvalue weighted by molar-refractivity contribution is 6.24.